The summed E-state index contributed by atoms with van der Waals surface area (Å²) in [6.07, 6.45) is -0.112. The fraction of sp³-hybridized carbons (Fsp3) is 0.0909. The minimum Gasteiger partial charge on any atom is -0.481 e. The summed E-state index contributed by atoms with van der Waals surface area (Å²) >= 11 is 0. The molecule has 8 heteroatoms. The third kappa shape index (κ3) is 3.28. The van der Waals surface area contributed by atoms with Gasteiger partial charge in [0.05, 0.1) is 6.42 Å². The average molecular weight is 261 g/mol. The lowest BCUT2D eigenvalue weighted by Gasteiger charge is -2.04. The SMILES string of the molecule is Nc1n[nH]c(C(=O)Nc2cccc(CC(=O)O)c2)n1. The second kappa shape index (κ2) is 5.17. The lowest BCUT2D eigenvalue weighted by atomic mass is 10.1. The molecule has 8 nitrogen and oxygen atoms in total. The minimum absolute atomic E-state index is 0.0128. The second-order valence-corrected chi connectivity index (χ2v) is 3.77. The quantitative estimate of drug-likeness (QED) is 0.624. The molecule has 0 aliphatic rings. The van der Waals surface area contributed by atoms with Crippen molar-refractivity contribution in [2.75, 3.05) is 11.1 Å². The number of carboxylic acid groups (broad SMARTS) is 1. The summed E-state index contributed by atoms with van der Waals surface area (Å²) in [5.41, 5.74) is 6.35. The molecule has 0 saturated heterocycles. The fourth-order valence-electron chi connectivity index (χ4n) is 1.50. The third-order valence-electron chi connectivity index (χ3n) is 2.26. The van der Waals surface area contributed by atoms with Gasteiger partial charge in [0, 0.05) is 5.69 Å². The topological polar surface area (TPSA) is 134 Å². The van der Waals surface area contributed by atoms with Crippen molar-refractivity contribution in [3.63, 3.8) is 0 Å². The van der Waals surface area contributed by atoms with Crippen LogP contribution in [0.15, 0.2) is 24.3 Å². The molecule has 98 valence electrons. The number of H-pyrrole nitrogens is 1. The van der Waals surface area contributed by atoms with Crippen LogP contribution in [-0.2, 0) is 11.2 Å². The van der Waals surface area contributed by atoms with E-state index in [-0.39, 0.29) is 18.2 Å². The van der Waals surface area contributed by atoms with Crippen molar-refractivity contribution in [2.24, 2.45) is 0 Å². The van der Waals surface area contributed by atoms with Crippen LogP contribution >= 0.6 is 0 Å². The molecule has 0 atom stereocenters. The fourth-order valence-corrected chi connectivity index (χ4v) is 1.50. The molecule has 1 aromatic heterocycles. The molecule has 0 unspecified atom stereocenters. The van der Waals surface area contributed by atoms with E-state index in [1.807, 2.05) is 0 Å². The number of aliphatic carboxylic acids is 1. The van der Waals surface area contributed by atoms with Gasteiger partial charge in [-0.1, -0.05) is 12.1 Å². The largest absolute Gasteiger partial charge is 0.481 e. The molecule has 5 N–H and O–H groups in total. The zero-order chi connectivity index (χ0) is 13.8. The van der Waals surface area contributed by atoms with Crippen molar-refractivity contribution in [2.45, 2.75) is 6.42 Å². The molecule has 0 bridgehead atoms. The molecule has 2 aromatic rings. The van der Waals surface area contributed by atoms with Crippen LogP contribution in [0.5, 0.6) is 0 Å². The number of carbonyl (C=O) groups excluding carboxylic acids is 1. The third-order valence-corrected chi connectivity index (χ3v) is 2.26. The number of benzene rings is 1. The molecule has 1 heterocycles. The lowest BCUT2D eigenvalue weighted by Crippen LogP contribution is -2.14. The van der Waals surface area contributed by atoms with Crippen LogP contribution in [0.3, 0.4) is 0 Å². The Balaban J connectivity index is 2.10. The summed E-state index contributed by atoms with van der Waals surface area (Å²) in [5, 5.41) is 17.2. The Kier molecular flexibility index (Phi) is 3.42. The van der Waals surface area contributed by atoms with E-state index in [1.165, 1.54) is 0 Å². The van der Waals surface area contributed by atoms with Gasteiger partial charge in [-0.05, 0) is 17.7 Å². The van der Waals surface area contributed by atoms with Gasteiger partial charge in [0.25, 0.3) is 5.91 Å². The first-order valence-corrected chi connectivity index (χ1v) is 5.34. The van der Waals surface area contributed by atoms with Crippen molar-refractivity contribution in [3.05, 3.63) is 35.7 Å². The van der Waals surface area contributed by atoms with E-state index in [0.717, 1.165) is 0 Å². The number of carbonyl (C=O) groups is 2. The van der Waals surface area contributed by atoms with Gasteiger partial charge < -0.3 is 16.2 Å². The van der Waals surface area contributed by atoms with Crippen LogP contribution in [0.25, 0.3) is 0 Å². The molecular formula is C11H11N5O3. The molecule has 1 amide bonds. The minimum atomic E-state index is -0.938. The Morgan fingerprint density at radius 1 is 1.42 bits per heavy atom. The molecule has 0 fully saturated rings. The summed E-state index contributed by atoms with van der Waals surface area (Å²) < 4.78 is 0. The van der Waals surface area contributed by atoms with Gasteiger partial charge in [-0.3, -0.25) is 14.7 Å². The first kappa shape index (κ1) is 12.6. The van der Waals surface area contributed by atoms with E-state index >= 15 is 0 Å². The summed E-state index contributed by atoms with van der Waals surface area (Å²) in [6, 6.07) is 6.54. The number of anilines is 2. The summed E-state index contributed by atoms with van der Waals surface area (Å²) in [5.74, 6) is -1.48. The molecule has 0 spiro atoms. The van der Waals surface area contributed by atoms with Gasteiger partial charge in [0.15, 0.2) is 0 Å². The zero-order valence-corrected chi connectivity index (χ0v) is 9.75. The monoisotopic (exact) mass is 261 g/mol. The Labute approximate surface area is 107 Å². The van der Waals surface area contributed by atoms with E-state index in [9.17, 15) is 9.59 Å². The maximum atomic E-state index is 11.7. The molecule has 19 heavy (non-hydrogen) atoms. The first-order chi connectivity index (χ1) is 9.04. The molecule has 0 aliphatic carbocycles. The highest BCUT2D eigenvalue weighted by molar-refractivity contribution is 6.01. The van der Waals surface area contributed by atoms with E-state index in [0.29, 0.717) is 11.3 Å². The number of carboxylic acids is 1. The number of hydrogen-bond donors (Lipinski definition) is 4. The van der Waals surface area contributed by atoms with Gasteiger partial charge in [-0.15, -0.1) is 5.10 Å². The number of nitrogens with one attached hydrogen (secondary N) is 2. The van der Waals surface area contributed by atoms with Crippen LogP contribution in [-0.4, -0.2) is 32.2 Å². The highest BCUT2D eigenvalue weighted by Crippen LogP contribution is 2.12. The second-order valence-electron chi connectivity index (χ2n) is 3.77. The lowest BCUT2D eigenvalue weighted by molar-refractivity contribution is -0.136. The molecule has 0 saturated carbocycles. The normalized spacial score (nSPS) is 10.1. The van der Waals surface area contributed by atoms with Gasteiger partial charge in [-0.25, -0.2) is 0 Å². The molecule has 0 radical (unpaired) electrons. The molecular weight excluding hydrogens is 250 g/mol. The van der Waals surface area contributed by atoms with Gasteiger partial charge in [0.1, 0.15) is 0 Å². The number of nitrogens with zero attached hydrogens (tertiary/aromatic N) is 2. The van der Waals surface area contributed by atoms with Crippen LogP contribution in [0.2, 0.25) is 0 Å². The summed E-state index contributed by atoms with van der Waals surface area (Å²) in [4.78, 5) is 26.0. The van der Waals surface area contributed by atoms with Gasteiger partial charge >= 0.3 is 5.97 Å². The Hall–Kier alpha value is -2.90. The van der Waals surface area contributed by atoms with E-state index in [1.54, 1.807) is 24.3 Å². The number of nitrogen functional groups attached to an aromatic ring is 1. The summed E-state index contributed by atoms with van der Waals surface area (Å²) in [7, 11) is 0. The maximum absolute atomic E-state index is 11.7. The molecule has 1 aromatic carbocycles. The Morgan fingerprint density at radius 3 is 2.84 bits per heavy atom. The van der Waals surface area contributed by atoms with E-state index in [2.05, 4.69) is 20.5 Å². The number of amides is 1. The number of aromatic amines is 1. The Bertz CT molecular complexity index is 622. The Morgan fingerprint density at radius 2 is 2.21 bits per heavy atom. The van der Waals surface area contributed by atoms with Crippen molar-refractivity contribution >= 4 is 23.5 Å². The summed E-state index contributed by atoms with van der Waals surface area (Å²) in [6.45, 7) is 0. The van der Waals surface area contributed by atoms with Crippen molar-refractivity contribution in [1.29, 1.82) is 0 Å². The number of nitrogens with two attached hydrogens (primary N) is 1. The average Bonchev–Trinajstić information content (AvgIpc) is 2.75. The molecule has 0 aliphatic heterocycles. The maximum Gasteiger partial charge on any atom is 0.307 e. The number of hydrogen-bond acceptors (Lipinski definition) is 5. The van der Waals surface area contributed by atoms with Crippen LogP contribution in [0.4, 0.5) is 11.6 Å². The number of aromatic nitrogens is 3. The molecule has 2 rings (SSSR count). The standard InChI is InChI=1S/C11H11N5O3/c12-11-14-9(15-16-11)10(19)13-7-3-1-2-6(4-7)5-8(17)18/h1-4H,5H2,(H,13,19)(H,17,18)(H3,12,14,15,16). The smallest absolute Gasteiger partial charge is 0.307 e. The van der Waals surface area contributed by atoms with Gasteiger partial charge in [-0.2, -0.15) is 4.98 Å². The first-order valence-electron chi connectivity index (χ1n) is 5.34. The van der Waals surface area contributed by atoms with Crippen molar-refractivity contribution in [1.82, 2.24) is 15.2 Å². The predicted octanol–water partition coefficient (Wildman–Crippen LogP) is 0.266. The van der Waals surface area contributed by atoms with Crippen molar-refractivity contribution in [3.8, 4) is 0 Å². The number of rotatable bonds is 4. The van der Waals surface area contributed by atoms with Gasteiger partial charge in [0.2, 0.25) is 11.8 Å². The van der Waals surface area contributed by atoms with Crippen LogP contribution in [0, 0.1) is 0 Å². The van der Waals surface area contributed by atoms with E-state index < -0.39 is 11.9 Å². The zero-order valence-electron chi connectivity index (χ0n) is 9.75. The highest BCUT2D eigenvalue weighted by atomic mass is 16.4. The van der Waals surface area contributed by atoms with Crippen molar-refractivity contribution < 1.29 is 14.7 Å². The van der Waals surface area contributed by atoms with E-state index in [4.69, 9.17) is 10.8 Å². The highest BCUT2D eigenvalue weighted by Gasteiger charge is 2.11. The van der Waals surface area contributed by atoms with Crippen LogP contribution < -0.4 is 11.1 Å². The predicted molar refractivity (Wildman–Crippen MR) is 66.5 cm³/mol. The van der Waals surface area contributed by atoms with Crippen LogP contribution in [0.1, 0.15) is 16.2 Å².